The molecule has 54 heavy (non-hydrogen) atoms. The summed E-state index contributed by atoms with van der Waals surface area (Å²) in [4.78, 5) is 2.45. The van der Waals surface area contributed by atoms with Crippen LogP contribution in [0.4, 0.5) is 17.1 Å². The highest BCUT2D eigenvalue weighted by Gasteiger charge is 2.23. The fraction of sp³-hybridized carbons (Fsp3) is 0. The summed E-state index contributed by atoms with van der Waals surface area (Å²) in [6.07, 6.45) is 0. The van der Waals surface area contributed by atoms with Gasteiger partial charge in [0, 0.05) is 27.6 Å². The molecule has 254 valence electrons. The summed E-state index contributed by atoms with van der Waals surface area (Å²) in [5.41, 5.74) is 14.3. The summed E-state index contributed by atoms with van der Waals surface area (Å²) >= 11 is 0. The van der Waals surface area contributed by atoms with E-state index >= 15 is 0 Å². The van der Waals surface area contributed by atoms with E-state index in [0.29, 0.717) is 0 Å². The number of fused-ring (bicyclic) bond motifs is 4. The molecule has 0 bridgehead atoms. The average Bonchev–Trinajstić information content (AvgIpc) is 3.64. The summed E-state index contributed by atoms with van der Waals surface area (Å²) < 4.78 is 6.34. The number of rotatable bonds is 7. The fourth-order valence-electron chi connectivity index (χ4n) is 7.99. The molecule has 0 N–H and O–H groups in total. The standard InChI is InChI=1S/C52H35NO/c1-3-16-37(17-4-1)44-25-9-11-29-48(44)53(41-23-13-22-39(34-41)46-28-15-31-51-52(46)47-26-10-12-30-50(47)54-51)49-35-40(32-33-45(49)38-18-5-2-6-19-38)43-27-14-21-36-20-7-8-24-42(36)43/h1-35H. The van der Waals surface area contributed by atoms with Gasteiger partial charge < -0.3 is 9.32 Å². The fourth-order valence-corrected chi connectivity index (χ4v) is 7.99. The Bertz CT molecular complexity index is 2940. The second-order valence-electron chi connectivity index (χ2n) is 13.7. The first-order valence-corrected chi connectivity index (χ1v) is 18.4. The predicted octanol–water partition coefficient (Wildman–Crippen LogP) is 14.9. The van der Waals surface area contributed by atoms with E-state index in [9.17, 15) is 0 Å². The molecule has 0 atom stereocenters. The lowest BCUT2D eigenvalue weighted by atomic mass is 9.93. The molecule has 1 heterocycles. The summed E-state index contributed by atoms with van der Waals surface area (Å²) in [5.74, 6) is 0. The third-order valence-electron chi connectivity index (χ3n) is 10.5. The highest BCUT2D eigenvalue weighted by atomic mass is 16.3. The number of furan rings is 1. The van der Waals surface area contributed by atoms with Gasteiger partial charge in [0.25, 0.3) is 0 Å². The Morgan fingerprint density at radius 3 is 1.70 bits per heavy atom. The van der Waals surface area contributed by atoms with Gasteiger partial charge in [0.2, 0.25) is 0 Å². The minimum absolute atomic E-state index is 0.888. The highest BCUT2D eigenvalue weighted by Crippen LogP contribution is 2.47. The van der Waals surface area contributed by atoms with Crippen molar-refractivity contribution in [3.8, 4) is 44.5 Å². The number of hydrogen-bond donors (Lipinski definition) is 0. The smallest absolute Gasteiger partial charge is 0.136 e. The molecular weight excluding hydrogens is 655 g/mol. The van der Waals surface area contributed by atoms with E-state index in [1.165, 1.54) is 16.3 Å². The van der Waals surface area contributed by atoms with E-state index in [1.54, 1.807) is 0 Å². The molecule has 0 amide bonds. The number of anilines is 3. The molecular formula is C52H35NO. The third kappa shape index (κ3) is 5.53. The van der Waals surface area contributed by atoms with Crippen LogP contribution in [0, 0.1) is 0 Å². The van der Waals surface area contributed by atoms with Crippen LogP contribution < -0.4 is 4.90 Å². The number of nitrogens with zero attached hydrogens (tertiary/aromatic N) is 1. The SMILES string of the molecule is c1ccc(-c2ccccc2N(c2cccc(-c3cccc4oc5ccccc5c34)c2)c2cc(-c3cccc4ccccc34)ccc2-c2ccccc2)cc1. The van der Waals surface area contributed by atoms with Crippen molar-refractivity contribution in [3.63, 3.8) is 0 Å². The molecule has 2 nitrogen and oxygen atoms in total. The van der Waals surface area contributed by atoms with Crippen molar-refractivity contribution in [2.24, 2.45) is 0 Å². The van der Waals surface area contributed by atoms with E-state index in [2.05, 4.69) is 205 Å². The predicted molar refractivity (Wildman–Crippen MR) is 228 cm³/mol. The molecule has 2 heteroatoms. The van der Waals surface area contributed by atoms with Crippen LogP contribution in [-0.2, 0) is 0 Å². The molecule has 0 unspecified atom stereocenters. The summed E-state index contributed by atoms with van der Waals surface area (Å²) in [6, 6.07) is 76.0. The lowest BCUT2D eigenvalue weighted by Crippen LogP contribution is -2.13. The molecule has 0 radical (unpaired) electrons. The highest BCUT2D eigenvalue weighted by molar-refractivity contribution is 6.12. The Morgan fingerprint density at radius 2 is 0.870 bits per heavy atom. The van der Waals surface area contributed by atoms with Crippen LogP contribution in [0.5, 0.6) is 0 Å². The van der Waals surface area contributed by atoms with Crippen molar-refractivity contribution in [1.29, 1.82) is 0 Å². The van der Waals surface area contributed by atoms with Crippen molar-refractivity contribution in [3.05, 3.63) is 212 Å². The van der Waals surface area contributed by atoms with Gasteiger partial charge in [-0.2, -0.15) is 0 Å². The second kappa shape index (κ2) is 13.4. The maximum atomic E-state index is 6.34. The second-order valence-corrected chi connectivity index (χ2v) is 13.7. The summed E-state index contributed by atoms with van der Waals surface area (Å²) in [6.45, 7) is 0. The van der Waals surface area contributed by atoms with Gasteiger partial charge in [-0.1, -0.05) is 176 Å². The minimum atomic E-state index is 0.888. The Hall–Kier alpha value is -7.16. The van der Waals surface area contributed by atoms with Gasteiger partial charge in [0.05, 0.1) is 11.4 Å². The molecule has 10 rings (SSSR count). The van der Waals surface area contributed by atoms with Crippen LogP contribution in [0.25, 0.3) is 77.2 Å². The van der Waals surface area contributed by atoms with Gasteiger partial charge in [0.15, 0.2) is 0 Å². The van der Waals surface area contributed by atoms with Gasteiger partial charge in [-0.3, -0.25) is 0 Å². The first-order chi connectivity index (χ1) is 26.8. The largest absolute Gasteiger partial charge is 0.456 e. The average molecular weight is 690 g/mol. The normalized spacial score (nSPS) is 11.3. The first-order valence-electron chi connectivity index (χ1n) is 18.4. The van der Waals surface area contributed by atoms with Crippen molar-refractivity contribution in [1.82, 2.24) is 0 Å². The Kier molecular flexibility index (Phi) is 7.85. The molecule has 10 aromatic rings. The van der Waals surface area contributed by atoms with E-state index < -0.39 is 0 Å². The molecule has 9 aromatic carbocycles. The van der Waals surface area contributed by atoms with Crippen molar-refractivity contribution in [2.75, 3.05) is 4.90 Å². The molecule has 0 spiro atoms. The maximum absolute atomic E-state index is 6.34. The Balaban J connectivity index is 1.26. The number of para-hydroxylation sites is 2. The van der Waals surface area contributed by atoms with Crippen molar-refractivity contribution in [2.45, 2.75) is 0 Å². The van der Waals surface area contributed by atoms with Gasteiger partial charge in [-0.25, -0.2) is 0 Å². The monoisotopic (exact) mass is 689 g/mol. The van der Waals surface area contributed by atoms with Crippen LogP contribution in [0.2, 0.25) is 0 Å². The van der Waals surface area contributed by atoms with Crippen LogP contribution in [0.3, 0.4) is 0 Å². The minimum Gasteiger partial charge on any atom is -0.456 e. The van der Waals surface area contributed by atoms with Gasteiger partial charge >= 0.3 is 0 Å². The molecule has 0 saturated carbocycles. The molecule has 0 fully saturated rings. The first kappa shape index (κ1) is 31.6. The third-order valence-corrected chi connectivity index (χ3v) is 10.5. The molecule has 0 saturated heterocycles. The quantitative estimate of drug-likeness (QED) is 0.166. The van der Waals surface area contributed by atoms with Gasteiger partial charge in [-0.05, 0) is 80.6 Å². The van der Waals surface area contributed by atoms with Crippen LogP contribution >= 0.6 is 0 Å². The van der Waals surface area contributed by atoms with E-state index in [1.807, 2.05) is 12.1 Å². The molecule has 1 aromatic heterocycles. The van der Waals surface area contributed by atoms with E-state index in [0.717, 1.165) is 77.9 Å². The summed E-state index contributed by atoms with van der Waals surface area (Å²) in [7, 11) is 0. The Labute approximate surface area is 314 Å². The van der Waals surface area contributed by atoms with Gasteiger partial charge in [0.1, 0.15) is 11.2 Å². The topological polar surface area (TPSA) is 16.4 Å². The summed E-state index contributed by atoms with van der Waals surface area (Å²) in [5, 5.41) is 4.71. The van der Waals surface area contributed by atoms with Crippen LogP contribution in [0.1, 0.15) is 0 Å². The zero-order valence-corrected chi connectivity index (χ0v) is 29.6. The lowest BCUT2D eigenvalue weighted by molar-refractivity contribution is 0.669. The Morgan fingerprint density at radius 1 is 0.315 bits per heavy atom. The molecule has 0 aliphatic rings. The van der Waals surface area contributed by atoms with E-state index in [-0.39, 0.29) is 0 Å². The number of hydrogen-bond acceptors (Lipinski definition) is 2. The van der Waals surface area contributed by atoms with Crippen molar-refractivity contribution >= 4 is 49.8 Å². The maximum Gasteiger partial charge on any atom is 0.136 e. The lowest BCUT2D eigenvalue weighted by Gasteiger charge is -2.31. The van der Waals surface area contributed by atoms with Crippen LogP contribution in [-0.4, -0.2) is 0 Å². The number of benzene rings is 9. The molecule has 0 aliphatic heterocycles. The van der Waals surface area contributed by atoms with Crippen LogP contribution in [0.15, 0.2) is 217 Å². The zero-order valence-electron chi connectivity index (χ0n) is 29.6. The van der Waals surface area contributed by atoms with Crippen molar-refractivity contribution < 1.29 is 4.42 Å². The van der Waals surface area contributed by atoms with Gasteiger partial charge in [-0.15, -0.1) is 0 Å². The van der Waals surface area contributed by atoms with E-state index in [4.69, 9.17) is 4.42 Å². The zero-order chi connectivity index (χ0) is 35.8. The molecule has 0 aliphatic carbocycles.